The summed E-state index contributed by atoms with van der Waals surface area (Å²) in [6.07, 6.45) is 2.19. The average Bonchev–Trinajstić information content (AvgIpc) is 2.70. The Morgan fingerprint density at radius 3 is 2.89 bits per heavy atom. The Balaban J connectivity index is 1.60. The maximum Gasteiger partial charge on any atom is 0.161 e. The van der Waals surface area contributed by atoms with Gasteiger partial charge in [0.05, 0.1) is 13.2 Å². The summed E-state index contributed by atoms with van der Waals surface area (Å²) in [6, 6.07) is 6.87. The molecule has 1 saturated heterocycles. The van der Waals surface area contributed by atoms with Crippen LogP contribution in [0.2, 0.25) is 0 Å². The lowest BCUT2D eigenvalue weighted by Gasteiger charge is -2.14. The van der Waals surface area contributed by atoms with Gasteiger partial charge in [0.25, 0.3) is 0 Å². The zero-order valence-corrected chi connectivity index (χ0v) is 11.5. The van der Waals surface area contributed by atoms with Gasteiger partial charge in [-0.15, -0.1) is 0 Å². The Labute approximate surface area is 114 Å². The van der Waals surface area contributed by atoms with Crippen LogP contribution in [0.4, 0.5) is 0 Å². The fourth-order valence-corrected chi connectivity index (χ4v) is 2.68. The van der Waals surface area contributed by atoms with Gasteiger partial charge >= 0.3 is 0 Å². The summed E-state index contributed by atoms with van der Waals surface area (Å²) in [6.45, 7) is 4.73. The molecule has 0 amide bonds. The lowest BCUT2D eigenvalue weighted by Crippen LogP contribution is -2.30. The molecule has 1 aromatic rings. The number of ether oxygens (including phenoxy) is 2. The molecule has 0 spiro atoms. The highest BCUT2D eigenvalue weighted by Crippen LogP contribution is 2.30. The number of nitrogens with one attached hydrogen (secondary N) is 1. The van der Waals surface area contributed by atoms with Crippen molar-refractivity contribution in [1.29, 1.82) is 0 Å². The van der Waals surface area contributed by atoms with E-state index >= 15 is 0 Å². The normalized spacial score (nSPS) is 23.3. The summed E-state index contributed by atoms with van der Waals surface area (Å²) in [5.41, 5.74) is 1.26. The topological polar surface area (TPSA) is 33.7 Å². The van der Waals surface area contributed by atoms with E-state index in [4.69, 9.17) is 9.47 Å². The quantitative estimate of drug-likeness (QED) is 0.898. The SMILES string of the molecule is CN1CCC(NCc2ccc3c(c2)OCCCO3)C1. The van der Waals surface area contributed by atoms with Gasteiger partial charge in [0.1, 0.15) is 0 Å². The van der Waals surface area contributed by atoms with Gasteiger partial charge in [-0.2, -0.15) is 0 Å². The number of rotatable bonds is 3. The molecular weight excluding hydrogens is 240 g/mol. The summed E-state index contributed by atoms with van der Waals surface area (Å²) in [7, 11) is 2.18. The van der Waals surface area contributed by atoms with Crippen LogP contribution in [0, 0.1) is 0 Å². The second kappa shape index (κ2) is 5.80. The van der Waals surface area contributed by atoms with Crippen LogP contribution >= 0.6 is 0 Å². The number of fused-ring (bicyclic) bond motifs is 1. The fraction of sp³-hybridized carbons (Fsp3) is 0.600. The number of likely N-dealkylation sites (tertiary alicyclic amines) is 1. The van der Waals surface area contributed by atoms with E-state index in [2.05, 4.69) is 29.4 Å². The van der Waals surface area contributed by atoms with Gasteiger partial charge in [-0.1, -0.05) is 6.07 Å². The van der Waals surface area contributed by atoms with Crippen molar-refractivity contribution < 1.29 is 9.47 Å². The molecule has 0 aromatic heterocycles. The molecule has 0 bridgehead atoms. The minimum absolute atomic E-state index is 0.612. The second-order valence-corrected chi connectivity index (χ2v) is 5.46. The molecule has 1 atom stereocenters. The van der Waals surface area contributed by atoms with E-state index < -0.39 is 0 Å². The van der Waals surface area contributed by atoms with Crippen molar-refractivity contribution in [2.75, 3.05) is 33.4 Å². The van der Waals surface area contributed by atoms with E-state index in [-0.39, 0.29) is 0 Å². The number of hydrogen-bond acceptors (Lipinski definition) is 4. The molecule has 4 nitrogen and oxygen atoms in total. The third-order valence-electron chi connectivity index (χ3n) is 3.80. The Bertz CT molecular complexity index is 436. The largest absolute Gasteiger partial charge is 0.490 e. The van der Waals surface area contributed by atoms with Crippen LogP contribution in [-0.4, -0.2) is 44.3 Å². The summed E-state index contributed by atoms with van der Waals surface area (Å²) in [5, 5.41) is 3.61. The maximum absolute atomic E-state index is 5.72. The third-order valence-corrected chi connectivity index (χ3v) is 3.80. The van der Waals surface area contributed by atoms with Crippen LogP contribution < -0.4 is 14.8 Å². The third kappa shape index (κ3) is 3.19. The van der Waals surface area contributed by atoms with E-state index in [0.29, 0.717) is 6.04 Å². The number of likely N-dealkylation sites (N-methyl/N-ethyl adjacent to an activating group) is 1. The van der Waals surface area contributed by atoms with Crippen LogP contribution in [0.3, 0.4) is 0 Å². The zero-order valence-electron chi connectivity index (χ0n) is 11.5. The molecule has 4 heteroatoms. The lowest BCUT2D eigenvalue weighted by molar-refractivity contribution is 0.297. The number of hydrogen-bond donors (Lipinski definition) is 1. The zero-order chi connectivity index (χ0) is 13.1. The van der Waals surface area contributed by atoms with Crippen molar-refractivity contribution in [3.05, 3.63) is 23.8 Å². The summed E-state index contributed by atoms with van der Waals surface area (Å²) in [5.74, 6) is 1.77. The number of nitrogens with zero attached hydrogens (tertiary/aromatic N) is 1. The van der Waals surface area contributed by atoms with Crippen molar-refractivity contribution in [2.45, 2.75) is 25.4 Å². The van der Waals surface area contributed by atoms with Crippen molar-refractivity contribution in [2.24, 2.45) is 0 Å². The van der Waals surface area contributed by atoms with Crippen LogP contribution in [0.5, 0.6) is 11.5 Å². The molecule has 0 radical (unpaired) electrons. The Hall–Kier alpha value is -1.26. The first-order chi connectivity index (χ1) is 9.31. The van der Waals surface area contributed by atoms with Crippen LogP contribution in [0.15, 0.2) is 18.2 Å². The first kappa shape index (κ1) is 12.8. The highest BCUT2D eigenvalue weighted by atomic mass is 16.5. The molecule has 1 N–H and O–H groups in total. The molecule has 19 heavy (non-hydrogen) atoms. The van der Waals surface area contributed by atoms with Gasteiger partial charge in [0.15, 0.2) is 11.5 Å². The first-order valence-corrected chi connectivity index (χ1v) is 7.12. The molecule has 1 fully saturated rings. The molecule has 3 rings (SSSR count). The highest BCUT2D eigenvalue weighted by molar-refractivity contribution is 5.43. The van der Waals surface area contributed by atoms with Gasteiger partial charge in [-0.05, 0) is 37.7 Å². The van der Waals surface area contributed by atoms with E-state index in [9.17, 15) is 0 Å². The van der Waals surface area contributed by atoms with Gasteiger partial charge < -0.3 is 19.7 Å². The predicted octanol–water partition coefficient (Wildman–Crippen LogP) is 1.64. The van der Waals surface area contributed by atoms with E-state index in [1.54, 1.807) is 0 Å². The second-order valence-electron chi connectivity index (χ2n) is 5.46. The van der Waals surface area contributed by atoms with Crippen LogP contribution in [0.25, 0.3) is 0 Å². The van der Waals surface area contributed by atoms with Crippen molar-refractivity contribution in [1.82, 2.24) is 10.2 Å². The van der Waals surface area contributed by atoms with Crippen molar-refractivity contribution in [3.8, 4) is 11.5 Å². The minimum atomic E-state index is 0.612. The lowest BCUT2D eigenvalue weighted by atomic mass is 10.2. The Kier molecular flexibility index (Phi) is 3.89. The standard InChI is InChI=1S/C15H22N2O2/c1-17-6-5-13(11-17)16-10-12-3-4-14-15(9-12)19-8-2-7-18-14/h3-4,9,13,16H,2,5-8,10-11H2,1H3. The van der Waals surface area contributed by atoms with Crippen molar-refractivity contribution in [3.63, 3.8) is 0 Å². The van der Waals surface area contributed by atoms with Crippen LogP contribution in [0.1, 0.15) is 18.4 Å². The van der Waals surface area contributed by atoms with E-state index in [1.807, 2.05) is 6.07 Å². The maximum atomic E-state index is 5.72. The smallest absolute Gasteiger partial charge is 0.161 e. The number of benzene rings is 1. The molecule has 2 aliphatic heterocycles. The van der Waals surface area contributed by atoms with Gasteiger partial charge in [-0.3, -0.25) is 0 Å². The molecular formula is C15H22N2O2. The van der Waals surface area contributed by atoms with E-state index in [0.717, 1.165) is 44.2 Å². The summed E-state index contributed by atoms with van der Waals surface area (Å²) < 4.78 is 11.4. The average molecular weight is 262 g/mol. The van der Waals surface area contributed by atoms with Gasteiger partial charge in [0.2, 0.25) is 0 Å². The van der Waals surface area contributed by atoms with Gasteiger partial charge in [-0.25, -0.2) is 0 Å². The van der Waals surface area contributed by atoms with Gasteiger partial charge in [0, 0.05) is 25.6 Å². The monoisotopic (exact) mass is 262 g/mol. The fourth-order valence-electron chi connectivity index (χ4n) is 2.68. The molecule has 1 aromatic carbocycles. The minimum Gasteiger partial charge on any atom is -0.490 e. The Morgan fingerprint density at radius 1 is 1.26 bits per heavy atom. The molecule has 0 saturated carbocycles. The predicted molar refractivity (Wildman–Crippen MR) is 74.8 cm³/mol. The van der Waals surface area contributed by atoms with Crippen LogP contribution in [-0.2, 0) is 6.54 Å². The first-order valence-electron chi connectivity index (χ1n) is 7.12. The molecule has 2 aliphatic rings. The highest BCUT2D eigenvalue weighted by Gasteiger charge is 2.18. The van der Waals surface area contributed by atoms with Crippen molar-refractivity contribution >= 4 is 0 Å². The molecule has 0 aliphatic carbocycles. The summed E-state index contributed by atoms with van der Waals surface area (Å²) >= 11 is 0. The van der Waals surface area contributed by atoms with E-state index in [1.165, 1.54) is 18.5 Å². The molecule has 2 heterocycles. The molecule has 1 unspecified atom stereocenters. The summed E-state index contributed by atoms with van der Waals surface area (Å²) in [4.78, 5) is 2.37. The molecule has 104 valence electrons. The Morgan fingerprint density at radius 2 is 2.11 bits per heavy atom.